The van der Waals surface area contributed by atoms with Gasteiger partial charge in [-0.2, -0.15) is 0 Å². The van der Waals surface area contributed by atoms with Gasteiger partial charge in [0.2, 0.25) is 0 Å². The Bertz CT molecular complexity index is 799. The van der Waals surface area contributed by atoms with Crippen LogP contribution in [0.4, 0.5) is 0 Å². The molecule has 0 atom stereocenters. The van der Waals surface area contributed by atoms with Gasteiger partial charge in [-0.3, -0.25) is 14.4 Å². The van der Waals surface area contributed by atoms with Crippen molar-refractivity contribution in [3.05, 3.63) is 45.1 Å². The maximum Gasteiger partial charge on any atom is 0.340 e. The van der Waals surface area contributed by atoms with Gasteiger partial charge in [-0.05, 0) is 24.1 Å². The van der Waals surface area contributed by atoms with Gasteiger partial charge in [-0.1, -0.05) is 29.3 Å². The van der Waals surface area contributed by atoms with Crippen LogP contribution in [0.3, 0.4) is 0 Å². The van der Waals surface area contributed by atoms with Crippen molar-refractivity contribution in [1.82, 2.24) is 0 Å². The third-order valence-electron chi connectivity index (χ3n) is 3.76. The highest BCUT2D eigenvalue weighted by molar-refractivity contribution is 6.35. The van der Waals surface area contributed by atoms with Gasteiger partial charge in [0.25, 0.3) is 0 Å². The Balaban J connectivity index is 2.81. The maximum atomic E-state index is 12.3. The summed E-state index contributed by atoms with van der Waals surface area (Å²) in [5, 5.41) is 13.1. The molecule has 0 bridgehead atoms. The van der Waals surface area contributed by atoms with Crippen molar-refractivity contribution in [1.29, 1.82) is 0 Å². The molecule has 0 radical (unpaired) electrons. The van der Waals surface area contributed by atoms with Crippen LogP contribution in [0.1, 0.15) is 31.2 Å². The zero-order chi connectivity index (χ0) is 21.3. The lowest BCUT2D eigenvalue weighted by atomic mass is 10.0. The van der Waals surface area contributed by atoms with Gasteiger partial charge in [0.15, 0.2) is 5.78 Å². The topological polar surface area (TPSA) is 110 Å². The normalized spacial score (nSPS) is 11.4. The molecule has 0 amide bonds. The average molecular weight is 430 g/mol. The van der Waals surface area contributed by atoms with Crippen molar-refractivity contribution in [2.45, 2.75) is 32.1 Å². The van der Waals surface area contributed by atoms with E-state index in [2.05, 4.69) is 9.47 Å². The van der Waals surface area contributed by atoms with Crippen molar-refractivity contribution >= 4 is 46.7 Å². The molecule has 0 aliphatic carbocycles. The first-order chi connectivity index (χ1) is 13.2. The first kappa shape index (κ1) is 23.7. The summed E-state index contributed by atoms with van der Waals surface area (Å²) >= 11 is 11.8. The molecule has 0 aliphatic rings. The van der Waals surface area contributed by atoms with E-state index in [1.54, 1.807) is 12.1 Å². The van der Waals surface area contributed by atoms with Crippen LogP contribution < -0.4 is 5.11 Å². The van der Waals surface area contributed by atoms with E-state index in [1.165, 1.54) is 6.07 Å². The number of methoxy groups -OCH3 is 2. The molecule has 1 aromatic carbocycles. The first-order valence-electron chi connectivity index (χ1n) is 8.23. The minimum absolute atomic E-state index is 0.0207. The van der Waals surface area contributed by atoms with E-state index in [-0.39, 0.29) is 37.9 Å². The van der Waals surface area contributed by atoms with Crippen molar-refractivity contribution in [2.75, 3.05) is 14.2 Å². The number of hydrogen-bond acceptors (Lipinski definition) is 7. The molecule has 7 nitrogen and oxygen atoms in total. The largest absolute Gasteiger partial charge is 0.875 e. The molecule has 28 heavy (non-hydrogen) atoms. The number of carbonyl (C=O) groups is 4. The van der Waals surface area contributed by atoms with Crippen molar-refractivity contribution < 1.29 is 33.8 Å². The number of hydrogen-bond donors (Lipinski definition) is 0. The van der Waals surface area contributed by atoms with Crippen molar-refractivity contribution in [3.8, 4) is 0 Å². The van der Waals surface area contributed by atoms with Crippen LogP contribution in [0.5, 0.6) is 0 Å². The maximum absolute atomic E-state index is 12.3. The highest BCUT2D eigenvalue weighted by atomic mass is 35.5. The fraction of sp³-hybridized carbons (Fsp3) is 0.368. The quantitative estimate of drug-likeness (QED) is 0.184. The highest BCUT2D eigenvalue weighted by Crippen LogP contribution is 2.22. The van der Waals surface area contributed by atoms with Crippen LogP contribution in [0.15, 0.2) is 29.5 Å². The van der Waals surface area contributed by atoms with Crippen molar-refractivity contribution in [2.24, 2.45) is 0 Å². The zero-order valence-corrected chi connectivity index (χ0v) is 16.9. The number of allylic oxidation sites excluding steroid dienone is 1. The summed E-state index contributed by atoms with van der Waals surface area (Å²) in [4.78, 5) is 47.2. The molecule has 1 rings (SSSR count). The van der Waals surface area contributed by atoms with Gasteiger partial charge < -0.3 is 14.6 Å². The van der Waals surface area contributed by atoms with Crippen LogP contribution in [-0.4, -0.2) is 37.7 Å². The Morgan fingerprint density at radius 3 is 2.21 bits per heavy atom. The fourth-order valence-electron chi connectivity index (χ4n) is 2.27. The molecular weight excluding hydrogens is 411 g/mol. The van der Waals surface area contributed by atoms with E-state index in [4.69, 9.17) is 23.2 Å². The number of carbonyl (C=O) groups excluding carboxylic acids is 4. The number of esters is 2. The lowest BCUT2D eigenvalue weighted by molar-refractivity contribution is -0.308. The summed E-state index contributed by atoms with van der Waals surface area (Å²) in [6, 6.07) is 4.69. The van der Waals surface area contributed by atoms with Gasteiger partial charge >= 0.3 is 11.9 Å². The Hall–Kier alpha value is -2.38. The summed E-state index contributed by atoms with van der Waals surface area (Å²) in [6.45, 7) is 0. The molecule has 0 fully saturated rings. The lowest BCUT2D eigenvalue weighted by Gasteiger charge is -2.17. The van der Waals surface area contributed by atoms with E-state index >= 15 is 0 Å². The minimum atomic E-state index is -1.10. The van der Waals surface area contributed by atoms with Gasteiger partial charge in [-0.15, -0.1) is 5.76 Å². The predicted octanol–water partition coefficient (Wildman–Crippen LogP) is 2.19. The lowest BCUT2D eigenvalue weighted by Crippen LogP contribution is -2.23. The smallest absolute Gasteiger partial charge is 0.340 e. The van der Waals surface area contributed by atoms with Gasteiger partial charge in [0.05, 0.1) is 26.2 Å². The molecular formula is C19H19Cl2O7-. The monoisotopic (exact) mass is 429 g/mol. The van der Waals surface area contributed by atoms with Gasteiger partial charge in [0, 0.05) is 29.3 Å². The Kier molecular flexibility index (Phi) is 9.68. The number of ether oxygens (including phenoxy) is 2. The third kappa shape index (κ3) is 7.32. The molecule has 0 saturated heterocycles. The molecule has 0 aliphatic heterocycles. The molecule has 0 heterocycles. The Morgan fingerprint density at radius 1 is 0.964 bits per heavy atom. The SMILES string of the molecule is COC(=O)CCC(=O)C(C(=O)OC)=C([O-])CCC(=O)Cc1ccc(Cl)cc1Cl. The van der Waals surface area contributed by atoms with Crippen LogP contribution in [-0.2, 0) is 35.1 Å². The minimum Gasteiger partial charge on any atom is -0.875 e. The second-order valence-electron chi connectivity index (χ2n) is 5.74. The summed E-state index contributed by atoms with van der Waals surface area (Å²) in [7, 11) is 2.18. The first-order valence-corrected chi connectivity index (χ1v) is 8.99. The number of halogens is 2. The molecule has 0 N–H and O–H groups in total. The summed E-state index contributed by atoms with van der Waals surface area (Å²) in [6.07, 6.45) is -1.22. The third-order valence-corrected chi connectivity index (χ3v) is 4.35. The predicted molar refractivity (Wildman–Crippen MR) is 99.7 cm³/mol. The van der Waals surface area contributed by atoms with Gasteiger partial charge in [-0.25, -0.2) is 4.79 Å². The number of rotatable bonds is 10. The molecule has 0 saturated carbocycles. The molecule has 0 aromatic heterocycles. The second-order valence-corrected chi connectivity index (χ2v) is 6.58. The molecule has 0 unspecified atom stereocenters. The Morgan fingerprint density at radius 2 is 1.64 bits per heavy atom. The van der Waals surface area contributed by atoms with E-state index < -0.39 is 29.1 Å². The summed E-state index contributed by atoms with van der Waals surface area (Å²) in [5.74, 6) is -3.72. The van der Waals surface area contributed by atoms with Crippen LogP contribution in [0.25, 0.3) is 0 Å². The Labute approximate surface area is 172 Å². The zero-order valence-electron chi connectivity index (χ0n) is 15.4. The standard InChI is InChI=1S/C19H20Cl2O7/c1-27-17(25)8-7-16(24)18(19(26)28-2)15(23)6-5-13(22)9-11-3-4-12(20)10-14(11)21/h3-4,10,23H,5-9H2,1-2H3/p-1. The number of ketones is 2. The second kappa shape index (κ2) is 11.5. The summed E-state index contributed by atoms with van der Waals surface area (Å²) < 4.78 is 8.88. The van der Waals surface area contributed by atoms with E-state index in [0.29, 0.717) is 15.6 Å². The van der Waals surface area contributed by atoms with Crippen LogP contribution >= 0.6 is 23.2 Å². The van der Waals surface area contributed by atoms with E-state index in [0.717, 1.165) is 14.2 Å². The molecule has 152 valence electrons. The summed E-state index contributed by atoms with van der Waals surface area (Å²) in [5.41, 5.74) is -0.140. The highest BCUT2D eigenvalue weighted by Gasteiger charge is 2.21. The fourth-order valence-corrected chi connectivity index (χ4v) is 2.75. The average Bonchev–Trinajstić information content (AvgIpc) is 2.66. The van der Waals surface area contributed by atoms with Crippen LogP contribution in [0, 0.1) is 0 Å². The molecule has 1 aromatic rings. The van der Waals surface area contributed by atoms with Crippen molar-refractivity contribution in [3.63, 3.8) is 0 Å². The number of Topliss-reactive ketones (excluding diaryl/α,β-unsaturated/α-hetero) is 2. The molecule has 0 spiro atoms. The van der Waals surface area contributed by atoms with Crippen LogP contribution in [0.2, 0.25) is 10.0 Å². The van der Waals surface area contributed by atoms with E-state index in [9.17, 15) is 24.3 Å². The number of benzene rings is 1. The molecule has 9 heteroatoms. The van der Waals surface area contributed by atoms with Gasteiger partial charge in [0.1, 0.15) is 5.78 Å². The van der Waals surface area contributed by atoms with E-state index in [1.807, 2.05) is 0 Å².